The monoisotopic (exact) mass is 270 g/mol. The molecule has 0 saturated heterocycles. The van der Waals surface area contributed by atoms with Crippen molar-refractivity contribution in [2.75, 3.05) is 0 Å². The molecule has 0 radical (unpaired) electrons. The van der Waals surface area contributed by atoms with Gasteiger partial charge in [-0.1, -0.05) is 18.2 Å². The maximum atomic E-state index is 13.2. The SMILES string of the molecule is O=S(Oc1ccccc1)Oc1ccc(F)cc1F. The molecule has 0 heterocycles. The number of halogens is 2. The van der Waals surface area contributed by atoms with E-state index in [4.69, 9.17) is 8.37 Å². The Kier molecular flexibility index (Phi) is 3.88. The zero-order valence-electron chi connectivity index (χ0n) is 9.01. The Morgan fingerprint density at radius 3 is 2.33 bits per heavy atom. The molecule has 18 heavy (non-hydrogen) atoms. The molecule has 6 heteroatoms. The Morgan fingerprint density at radius 1 is 0.944 bits per heavy atom. The zero-order valence-corrected chi connectivity index (χ0v) is 9.82. The minimum atomic E-state index is -2.20. The number of rotatable bonds is 4. The van der Waals surface area contributed by atoms with E-state index in [9.17, 15) is 13.0 Å². The fourth-order valence-corrected chi connectivity index (χ4v) is 1.77. The molecule has 94 valence electrons. The standard InChI is InChI=1S/C12H8F2O3S/c13-9-6-7-12(11(14)8-9)17-18(15)16-10-4-2-1-3-5-10/h1-8H. The fourth-order valence-electron chi connectivity index (χ4n) is 1.19. The minimum absolute atomic E-state index is 0.318. The van der Waals surface area contributed by atoms with E-state index < -0.39 is 23.0 Å². The molecule has 0 aliphatic carbocycles. The van der Waals surface area contributed by atoms with Crippen LogP contribution in [0.3, 0.4) is 0 Å². The van der Waals surface area contributed by atoms with Crippen LogP contribution in [0.2, 0.25) is 0 Å². The van der Waals surface area contributed by atoms with Crippen molar-refractivity contribution in [3.05, 3.63) is 60.2 Å². The maximum absolute atomic E-state index is 13.2. The van der Waals surface area contributed by atoms with Gasteiger partial charge in [-0.15, -0.1) is 0 Å². The van der Waals surface area contributed by atoms with Crippen LogP contribution in [0.5, 0.6) is 11.5 Å². The van der Waals surface area contributed by atoms with Crippen molar-refractivity contribution in [1.29, 1.82) is 0 Å². The van der Waals surface area contributed by atoms with Gasteiger partial charge in [0.2, 0.25) is 0 Å². The van der Waals surface area contributed by atoms with E-state index in [0.717, 1.165) is 12.1 Å². The van der Waals surface area contributed by atoms with Gasteiger partial charge < -0.3 is 8.37 Å². The number of benzene rings is 2. The van der Waals surface area contributed by atoms with Gasteiger partial charge in [-0.05, 0) is 24.3 Å². The zero-order chi connectivity index (χ0) is 13.0. The Labute approximate surface area is 105 Å². The summed E-state index contributed by atoms with van der Waals surface area (Å²) < 4.78 is 46.9. The highest BCUT2D eigenvalue weighted by Gasteiger charge is 2.10. The molecule has 3 nitrogen and oxygen atoms in total. The van der Waals surface area contributed by atoms with E-state index in [1.165, 1.54) is 0 Å². The molecule has 1 atom stereocenters. The summed E-state index contributed by atoms with van der Waals surface area (Å²) in [7, 11) is 0. The summed E-state index contributed by atoms with van der Waals surface area (Å²) in [5.74, 6) is -1.71. The van der Waals surface area contributed by atoms with Crippen LogP contribution >= 0.6 is 0 Å². The molecule has 1 unspecified atom stereocenters. The lowest BCUT2D eigenvalue weighted by Crippen LogP contribution is -2.08. The molecule has 0 fully saturated rings. The summed E-state index contributed by atoms with van der Waals surface area (Å²) in [5, 5.41) is 0. The maximum Gasteiger partial charge on any atom is 0.417 e. The van der Waals surface area contributed by atoms with Crippen LogP contribution in [0.15, 0.2) is 48.5 Å². The predicted molar refractivity (Wildman–Crippen MR) is 62.2 cm³/mol. The second kappa shape index (κ2) is 5.59. The Balaban J connectivity index is 2.03. The topological polar surface area (TPSA) is 35.5 Å². The molecule has 0 N–H and O–H groups in total. The van der Waals surface area contributed by atoms with Crippen molar-refractivity contribution in [3.63, 3.8) is 0 Å². The third-order valence-corrected chi connectivity index (χ3v) is 2.60. The van der Waals surface area contributed by atoms with E-state index in [-0.39, 0.29) is 5.75 Å². The first-order chi connectivity index (χ1) is 8.65. The molecule has 0 aromatic heterocycles. The van der Waals surface area contributed by atoms with Gasteiger partial charge in [0, 0.05) is 6.07 Å². The van der Waals surface area contributed by atoms with E-state index in [1.807, 2.05) is 0 Å². The molecule has 2 aromatic rings. The van der Waals surface area contributed by atoms with E-state index in [0.29, 0.717) is 11.8 Å². The van der Waals surface area contributed by atoms with Crippen LogP contribution < -0.4 is 8.37 Å². The molecule has 0 aliphatic rings. The van der Waals surface area contributed by atoms with E-state index in [2.05, 4.69) is 0 Å². The van der Waals surface area contributed by atoms with Crippen LogP contribution in [-0.4, -0.2) is 4.21 Å². The predicted octanol–water partition coefficient (Wildman–Crippen LogP) is 3.00. The van der Waals surface area contributed by atoms with Crippen molar-refractivity contribution < 1.29 is 21.4 Å². The summed E-state index contributed by atoms with van der Waals surface area (Å²) in [6, 6.07) is 10.9. The van der Waals surface area contributed by atoms with Gasteiger partial charge in [-0.3, -0.25) is 0 Å². The van der Waals surface area contributed by atoms with Gasteiger partial charge in [-0.25, -0.2) is 8.78 Å². The second-order valence-electron chi connectivity index (χ2n) is 3.26. The van der Waals surface area contributed by atoms with E-state index in [1.54, 1.807) is 30.3 Å². The number of hydrogen-bond acceptors (Lipinski definition) is 3. The van der Waals surface area contributed by atoms with Gasteiger partial charge in [0.25, 0.3) is 0 Å². The third kappa shape index (κ3) is 3.27. The summed E-state index contributed by atoms with van der Waals surface area (Å²) in [4.78, 5) is 0. The molecule has 2 rings (SSSR count). The highest BCUT2D eigenvalue weighted by molar-refractivity contribution is 7.75. The number of para-hydroxylation sites is 1. The minimum Gasteiger partial charge on any atom is -0.371 e. The summed E-state index contributed by atoms with van der Waals surface area (Å²) >= 11 is -2.20. The van der Waals surface area contributed by atoms with Gasteiger partial charge in [-0.2, -0.15) is 4.21 Å². The molecular formula is C12H8F2O3S. The molecule has 0 amide bonds. The normalized spacial score (nSPS) is 11.9. The Hall–Kier alpha value is -1.95. The molecule has 0 bridgehead atoms. The average molecular weight is 270 g/mol. The Bertz CT molecular complexity index is 561. The summed E-state index contributed by atoms with van der Waals surface area (Å²) in [6.45, 7) is 0. The quantitative estimate of drug-likeness (QED) is 0.856. The summed E-state index contributed by atoms with van der Waals surface area (Å²) in [6.07, 6.45) is 0. The van der Waals surface area contributed by atoms with Crippen molar-refractivity contribution in [2.45, 2.75) is 0 Å². The molecule has 0 aliphatic heterocycles. The fraction of sp³-hybridized carbons (Fsp3) is 0. The highest BCUT2D eigenvalue weighted by Crippen LogP contribution is 2.19. The molecule has 0 saturated carbocycles. The largest absolute Gasteiger partial charge is 0.417 e. The first kappa shape index (κ1) is 12.5. The first-order valence-electron chi connectivity index (χ1n) is 4.93. The second-order valence-corrected chi connectivity index (χ2v) is 4.00. The van der Waals surface area contributed by atoms with Crippen LogP contribution in [0.4, 0.5) is 8.78 Å². The average Bonchev–Trinajstić information content (AvgIpc) is 2.34. The summed E-state index contributed by atoms with van der Waals surface area (Å²) in [5.41, 5.74) is 0. The lowest BCUT2D eigenvalue weighted by molar-refractivity contribution is 0.440. The van der Waals surface area contributed by atoms with Crippen molar-refractivity contribution in [3.8, 4) is 11.5 Å². The smallest absolute Gasteiger partial charge is 0.371 e. The number of hydrogen-bond donors (Lipinski definition) is 0. The van der Waals surface area contributed by atoms with Gasteiger partial charge in [0.15, 0.2) is 11.6 Å². The van der Waals surface area contributed by atoms with Gasteiger partial charge in [0.1, 0.15) is 11.6 Å². The van der Waals surface area contributed by atoms with Crippen LogP contribution in [0.25, 0.3) is 0 Å². The molecular weight excluding hydrogens is 262 g/mol. The van der Waals surface area contributed by atoms with Crippen LogP contribution in [0, 0.1) is 11.6 Å². The highest BCUT2D eigenvalue weighted by atomic mass is 32.2. The van der Waals surface area contributed by atoms with E-state index >= 15 is 0 Å². The first-order valence-corrected chi connectivity index (χ1v) is 5.93. The van der Waals surface area contributed by atoms with Crippen molar-refractivity contribution >= 4 is 11.4 Å². The molecule has 2 aromatic carbocycles. The van der Waals surface area contributed by atoms with Crippen LogP contribution in [-0.2, 0) is 11.4 Å². The van der Waals surface area contributed by atoms with Crippen molar-refractivity contribution in [2.24, 2.45) is 0 Å². The lowest BCUT2D eigenvalue weighted by atomic mass is 10.3. The lowest BCUT2D eigenvalue weighted by Gasteiger charge is -2.06. The van der Waals surface area contributed by atoms with Gasteiger partial charge in [0.05, 0.1) is 0 Å². The Morgan fingerprint density at radius 2 is 1.67 bits per heavy atom. The van der Waals surface area contributed by atoms with Crippen molar-refractivity contribution in [1.82, 2.24) is 0 Å². The van der Waals surface area contributed by atoms with Crippen LogP contribution in [0.1, 0.15) is 0 Å². The van der Waals surface area contributed by atoms with Gasteiger partial charge >= 0.3 is 11.4 Å². The third-order valence-electron chi connectivity index (χ3n) is 1.96. The molecule has 0 spiro atoms.